The van der Waals surface area contributed by atoms with Gasteiger partial charge in [-0.3, -0.25) is 4.31 Å². The third-order valence-corrected chi connectivity index (χ3v) is 4.90. The molecule has 0 unspecified atom stereocenters. The summed E-state index contributed by atoms with van der Waals surface area (Å²) >= 11 is 0. The molecule has 1 aromatic rings. The Balaban J connectivity index is 2.75. The van der Waals surface area contributed by atoms with Crippen LogP contribution in [0, 0.1) is 6.92 Å². The van der Waals surface area contributed by atoms with Crippen molar-refractivity contribution in [2.75, 3.05) is 29.7 Å². The Morgan fingerprint density at radius 2 is 1.79 bits per heavy atom. The van der Waals surface area contributed by atoms with Gasteiger partial charge in [-0.25, -0.2) is 8.42 Å². The van der Waals surface area contributed by atoms with E-state index in [9.17, 15) is 8.42 Å². The highest BCUT2D eigenvalue weighted by molar-refractivity contribution is 7.92. The van der Waals surface area contributed by atoms with Crippen molar-refractivity contribution in [1.29, 1.82) is 0 Å². The molecule has 0 saturated carbocycles. The summed E-state index contributed by atoms with van der Waals surface area (Å²) in [6.45, 7) is 7.94. The third kappa shape index (κ3) is 4.84. The van der Waals surface area contributed by atoms with E-state index in [1.807, 2.05) is 45.0 Å². The zero-order valence-electron chi connectivity index (χ0n) is 12.0. The lowest BCUT2D eigenvalue weighted by atomic mass is 10.2. The van der Waals surface area contributed by atoms with E-state index in [-0.39, 0.29) is 5.75 Å². The van der Waals surface area contributed by atoms with Crippen LogP contribution in [0.1, 0.15) is 25.8 Å². The molecule has 0 aliphatic carbocycles. The molecule has 108 valence electrons. The number of nitrogens with one attached hydrogen (secondary N) is 1. The highest BCUT2D eigenvalue weighted by Crippen LogP contribution is 2.19. The van der Waals surface area contributed by atoms with Gasteiger partial charge in [-0.15, -0.1) is 0 Å². The normalized spacial score (nSPS) is 11.5. The van der Waals surface area contributed by atoms with Crippen molar-refractivity contribution in [2.45, 2.75) is 27.2 Å². The number of hydrogen-bond acceptors (Lipinski definition) is 3. The first-order valence-corrected chi connectivity index (χ1v) is 8.40. The van der Waals surface area contributed by atoms with E-state index in [4.69, 9.17) is 0 Å². The highest BCUT2D eigenvalue weighted by Gasteiger charge is 2.20. The van der Waals surface area contributed by atoms with Crippen molar-refractivity contribution < 1.29 is 8.42 Å². The van der Waals surface area contributed by atoms with Gasteiger partial charge in [0, 0.05) is 6.54 Å². The van der Waals surface area contributed by atoms with Gasteiger partial charge in [0.25, 0.3) is 0 Å². The smallest absolute Gasteiger partial charge is 0.235 e. The minimum Gasteiger partial charge on any atom is -0.317 e. The molecule has 0 radical (unpaired) electrons. The number of rotatable bonds is 8. The van der Waals surface area contributed by atoms with Gasteiger partial charge in [-0.2, -0.15) is 0 Å². The maximum absolute atomic E-state index is 12.3. The van der Waals surface area contributed by atoms with Crippen molar-refractivity contribution in [3.63, 3.8) is 0 Å². The van der Waals surface area contributed by atoms with E-state index in [1.54, 1.807) is 0 Å². The van der Waals surface area contributed by atoms with Gasteiger partial charge in [-0.1, -0.05) is 24.6 Å². The van der Waals surface area contributed by atoms with Crippen LogP contribution in [-0.2, 0) is 10.0 Å². The van der Waals surface area contributed by atoms with Crippen LogP contribution in [0.4, 0.5) is 5.69 Å². The Kier molecular flexibility index (Phi) is 6.31. The number of benzene rings is 1. The summed E-state index contributed by atoms with van der Waals surface area (Å²) in [4.78, 5) is 0. The zero-order chi connectivity index (χ0) is 14.3. The number of aryl methyl sites for hydroxylation is 1. The Morgan fingerprint density at radius 3 is 2.32 bits per heavy atom. The van der Waals surface area contributed by atoms with Crippen LogP contribution >= 0.6 is 0 Å². The summed E-state index contributed by atoms with van der Waals surface area (Å²) in [6, 6.07) is 7.60. The fourth-order valence-corrected chi connectivity index (χ4v) is 3.48. The predicted octanol–water partition coefficient (Wildman–Crippen LogP) is 2.15. The van der Waals surface area contributed by atoms with Gasteiger partial charge in [-0.05, 0) is 45.5 Å². The first-order valence-electron chi connectivity index (χ1n) is 6.79. The first-order chi connectivity index (χ1) is 9.01. The molecule has 0 bridgehead atoms. The summed E-state index contributed by atoms with van der Waals surface area (Å²) in [5, 5.41) is 3.14. The van der Waals surface area contributed by atoms with Crippen molar-refractivity contribution in [3.8, 4) is 0 Å². The SMILES string of the molecule is CCNCCCS(=O)(=O)N(CC)c1ccc(C)cc1. The average Bonchev–Trinajstić information content (AvgIpc) is 2.37. The molecule has 0 aromatic heterocycles. The fourth-order valence-electron chi connectivity index (χ4n) is 1.92. The van der Waals surface area contributed by atoms with E-state index in [2.05, 4.69) is 5.32 Å². The molecular formula is C14H24N2O2S. The lowest BCUT2D eigenvalue weighted by Gasteiger charge is -2.23. The second kappa shape index (κ2) is 7.50. The molecule has 0 saturated heterocycles. The number of sulfonamides is 1. The van der Waals surface area contributed by atoms with E-state index in [0.717, 1.165) is 24.3 Å². The van der Waals surface area contributed by atoms with E-state index < -0.39 is 10.0 Å². The number of hydrogen-bond donors (Lipinski definition) is 1. The Morgan fingerprint density at radius 1 is 1.16 bits per heavy atom. The summed E-state index contributed by atoms with van der Waals surface area (Å²) in [5.74, 6) is 0.182. The van der Waals surface area contributed by atoms with Gasteiger partial charge in [0.15, 0.2) is 0 Å². The Hall–Kier alpha value is -1.07. The van der Waals surface area contributed by atoms with Crippen LogP contribution in [0.3, 0.4) is 0 Å². The molecule has 19 heavy (non-hydrogen) atoms. The molecule has 0 fully saturated rings. The van der Waals surface area contributed by atoms with E-state index in [1.165, 1.54) is 4.31 Å². The van der Waals surface area contributed by atoms with Gasteiger partial charge < -0.3 is 5.32 Å². The molecule has 1 rings (SSSR count). The number of nitrogens with zero attached hydrogens (tertiary/aromatic N) is 1. The Labute approximate surface area is 116 Å². The fraction of sp³-hybridized carbons (Fsp3) is 0.571. The summed E-state index contributed by atoms with van der Waals surface area (Å²) in [5.41, 5.74) is 1.88. The second-order valence-electron chi connectivity index (χ2n) is 4.52. The molecule has 0 amide bonds. The lowest BCUT2D eigenvalue weighted by Crippen LogP contribution is -2.33. The predicted molar refractivity (Wildman–Crippen MR) is 81.1 cm³/mol. The van der Waals surface area contributed by atoms with Crippen molar-refractivity contribution in [2.24, 2.45) is 0 Å². The quantitative estimate of drug-likeness (QED) is 0.744. The molecular weight excluding hydrogens is 260 g/mol. The monoisotopic (exact) mass is 284 g/mol. The minimum absolute atomic E-state index is 0.182. The summed E-state index contributed by atoms with van der Waals surface area (Å²) in [6.07, 6.45) is 0.637. The van der Waals surface area contributed by atoms with E-state index in [0.29, 0.717) is 13.0 Å². The highest BCUT2D eigenvalue weighted by atomic mass is 32.2. The van der Waals surface area contributed by atoms with Crippen molar-refractivity contribution in [1.82, 2.24) is 5.32 Å². The topological polar surface area (TPSA) is 49.4 Å². The van der Waals surface area contributed by atoms with Crippen LogP contribution in [0.25, 0.3) is 0 Å². The van der Waals surface area contributed by atoms with Gasteiger partial charge in [0.2, 0.25) is 10.0 Å². The molecule has 0 spiro atoms. The van der Waals surface area contributed by atoms with Crippen LogP contribution < -0.4 is 9.62 Å². The maximum atomic E-state index is 12.3. The lowest BCUT2D eigenvalue weighted by molar-refractivity contribution is 0.586. The molecule has 0 heterocycles. The van der Waals surface area contributed by atoms with Crippen molar-refractivity contribution in [3.05, 3.63) is 29.8 Å². The van der Waals surface area contributed by atoms with Gasteiger partial charge in [0.05, 0.1) is 11.4 Å². The molecule has 5 heteroatoms. The van der Waals surface area contributed by atoms with Crippen LogP contribution in [-0.4, -0.2) is 33.8 Å². The maximum Gasteiger partial charge on any atom is 0.235 e. The molecule has 0 atom stereocenters. The van der Waals surface area contributed by atoms with Crippen molar-refractivity contribution >= 4 is 15.7 Å². The molecule has 0 aliphatic rings. The Bertz CT molecular complexity index is 469. The first kappa shape index (κ1) is 16.0. The van der Waals surface area contributed by atoms with Crippen LogP contribution in [0.15, 0.2) is 24.3 Å². The average molecular weight is 284 g/mol. The summed E-state index contributed by atoms with van der Waals surface area (Å²) < 4.78 is 26.1. The van der Waals surface area contributed by atoms with Gasteiger partial charge in [0.1, 0.15) is 0 Å². The standard InChI is InChI=1S/C14H24N2O2S/c1-4-15-11-6-12-19(17,18)16(5-2)14-9-7-13(3)8-10-14/h7-10,15H,4-6,11-12H2,1-3H3. The molecule has 1 aromatic carbocycles. The van der Waals surface area contributed by atoms with E-state index >= 15 is 0 Å². The summed E-state index contributed by atoms with van der Waals surface area (Å²) in [7, 11) is -3.23. The van der Waals surface area contributed by atoms with Crippen LogP contribution in [0.5, 0.6) is 0 Å². The minimum atomic E-state index is -3.23. The third-order valence-electron chi connectivity index (χ3n) is 2.95. The number of anilines is 1. The zero-order valence-corrected chi connectivity index (χ0v) is 12.8. The molecule has 1 N–H and O–H groups in total. The largest absolute Gasteiger partial charge is 0.317 e. The van der Waals surface area contributed by atoms with Gasteiger partial charge >= 0.3 is 0 Å². The molecule has 4 nitrogen and oxygen atoms in total. The van der Waals surface area contributed by atoms with Crippen LogP contribution in [0.2, 0.25) is 0 Å². The second-order valence-corrected chi connectivity index (χ2v) is 6.54. The molecule has 0 aliphatic heterocycles.